The Labute approximate surface area is 91.3 Å². The summed E-state index contributed by atoms with van der Waals surface area (Å²) in [5, 5.41) is 0. The summed E-state index contributed by atoms with van der Waals surface area (Å²) in [5.41, 5.74) is 13.0. The third-order valence-corrected chi connectivity index (χ3v) is 1.74. The number of nitrogen functional groups attached to an aromatic ring is 2. The summed E-state index contributed by atoms with van der Waals surface area (Å²) in [6.07, 6.45) is 0. The number of benzene rings is 2. The lowest BCUT2D eigenvalue weighted by Crippen LogP contribution is -1.99. The molecule has 0 aliphatic heterocycles. The molecule has 0 saturated heterocycles. The summed E-state index contributed by atoms with van der Waals surface area (Å²) in [5.74, 6) is 0. The third kappa shape index (κ3) is 4.77. The first kappa shape index (κ1) is 11.2. The summed E-state index contributed by atoms with van der Waals surface area (Å²) < 4.78 is 0. The predicted octanol–water partition coefficient (Wildman–Crippen LogP) is 1.33. The fourth-order valence-electron chi connectivity index (χ4n) is 0.949. The van der Waals surface area contributed by atoms with Gasteiger partial charge >= 0.3 is 0 Å². The molecule has 0 aliphatic carbocycles. The van der Waals surface area contributed by atoms with Crippen molar-refractivity contribution in [1.29, 1.82) is 0 Å². The highest BCUT2D eigenvalue weighted by Crippen LogP contribution is 1.96. The summed E-state index contributed by atoms with van der Waals surface area (Å²) in [6, 6.07) is 16.6. The Morgan fingerprint density at radius 2 is 1.13 bits per heavy atom. The zero-order chi connectivity index (χ0) is 11.1. The largest absolute Gasteiger partial charge is 0.399 e. The number of rotatable bonds is 0. The first-order chi connectivity index (χ1) is 7.18. The maximum atomic E-state index is 5.37. The molecule has 74 valence electrons. The monoisotopic (exact) mass is 196 g/mol. The van der Waals surface area contributed by atoms with Crippen molar-refractivity contribution in [1.82, 2.24) is 0 Å². The van der Waals surface area contributed by atoms with E-state index < -0.39 is 0 Å². The van der Waals surface area contributed by atoms with Gasteiger partial charge in [0.05, 0.1) is 0 Å². The van der Waals surface area contributed by atoms with Gasteiger partial charge in [-0.05, 0) is 24.3 Å². The predicted molar refractivity (Wildman–Crippen MR) is 67.1 cm³/mol. The van der Waals surface area contributed by atoms with E-state index in [0.29, 0.717) is 0 Å². The standard InChI is InChI=1S/C6H6BN.C6H7N/c7-5-1-3-6(8)4-2-5;7-6-4-2-1-3-5-6/h1-4H,8H2;1-5H,7H2. The molecule has 0 unspecified atom stereocenters. The first-order valence-electron chi connectivity index (χ1n) is 4.60. The molecular weight excluding hydrogens is 183 g/mol. The molecule has 0 fully saturated rings. The number of anilines is 2. The van der Waals surface area contributed by atoms with E-state index in [9.17, 15) is 0 Å². The average molecular weight is 196 g/mol. The first-order valence-corrected chi connectivity index (χ1v) is 4.60. The molecule has 0 atom stereocenters. The van der Waals surface area contributed by atoms with Gasteiger partial charge in [-0.3, -0.25) is 0 Å². The van der Waals surface area contributed by atoms with E-state index in [0.717, 1.165) is 16.8 Å². The maximum Gasteiger partial charge on any atom is 0.113 e. The van der Waals surface area contributed by atoms with Gasteiger partial charge in [0.15, 0.2) is 0 Å². The van der Waals surface area contributed by atoms with Crippen molar-refractivity contribution in [2.45, 2.75) is 0 Å². The van der Waals surface area contributed by atoms with E-state index in [1.807, 2.05) is 30.3 Å². The van der Waals surface area contributed by atoms with E-state index >= 15 is 0 Å². The van der Waals surface area contributed by atoms with Crippen LogP contribution in [0.3, 0.4) is 0 Å². The summed E-state index contributed by atoms with van der Waals surface area (Å²) in [7, 11) is 5.37. The molecule has 2 aromatic carbocycles. The van der Waals surface area contributed by atoms with Gasteiger partial charge in [0.25, 0.3) is 0 Å². The van der Waals surface area contributed by atoms with Gasteiger partial charge in [-0.1, -0.05) is 35.8 Å². The quantitative estimate of drug-likeness (QED) is 0.493. The van der Waals surface area contributed by atoms with Gasteiger partial charge in [-0.15, -0.1) is 0 Å². The fraction of sp³-hybridized carbons (Fsp3) is 0. The van der Waals surface area contributed by atoms with E-state index in [2.05, 4.69) is 0 Å². The summed E-state index contributed by atoms with van der Waals surface area (Å²) >= 11 is 0. The van der Waals surface area contributed by atoms with Gasteiger partial charge in [0.1, 0.15) is 7.85 Å². The lowest BCUT2D eigenvalue weighted by Gasteiger charge is -1.90. The van der Waals surface area contributed by atoms with Gasteiger partial charge in [0.2, 0.25) is 0 Å². The van der Waals surface area contributed by atoms with E-state index in [4.69, 9.17) is 19.3 Å². The van der Waals surface area contributed by atoms with Crippen molar-refractivity contribution >= 4 is 24.7 Å². The van der Waals surface area contributed by atoms with Crippen molar-refractivity contribution in [3.8, 4) is 0 Å². The lowest BCUT2D eigenvalue weighted by molar-refractivity contribution is 1.69. The normalized spacial score (nSPS) is 8.80. The van der Waals surface area contributed by atoms with Crippen LogP contribution < -0.4 is 16.9 Å². The van der Waals surface area contributed by atoms with Crippen molar-refractivity contribution < 1.29 is 0 Å². The highest BCUT2D eigenvalue weighted by Gasteiger charge is 1.80. The van der Waals surface area contributed by atoms with Crippen LogP contribution in [0.25, 0.3) is 0 Å². The smallest absolute Gasteiger partial charge is 0.113 e. The number of nitrogens with two attached hydrogens (primary N) is 2. The Morgan fingerprint density at radius 1 is 0.667 bits per heavy atom. The SMILES string of the molecule is Nc1ccccc1.[B]c1ccc(N)cc1. The molecule has 0 bridgehead atoms. The molecular formula is C12H13BN2. The van der Waals surface area contributed by atoms with Gasteiger partial charge < -0.3 is 11.5 Å². The van der Waals surface area contributed by atoms with Gasteiger partial charge in [-0.25, -0.2) is 0 Å². The van der Waals surface area contributed by atoms with Crippen molar-refractivity contribution in [2.24, 2.45) is 0 Å². The lowest BCUT2D eigenvalue weighted by atomic mass is 9.96. The molecule has 2 aromatic rings. The molecule has 15 heavy (non-hydrogen) atoms. The second-order valence-corrected chi connectivity index (χ2v) is 3.08. The highest BCUT2D eigenvalue weighted by molar-refractivity contribution is 6.32. The fourth-order valence-corrected chi connectivity index (χ4v) is 0.949. The second-order valence-electron chi connectivity index (χ2n) is 3.08. The Bertz CT molecular complexity index is 363. The zero-order valence-corrected chi connectivity index (χ0v) is 8.43. The molecule has 0 aliphatic rings. The number of hydrogen-bond donors (Lipinski definition) is 2. The van der Waals surface area contributed by atoms with Crippen molar-refractivity contribution in [2.75, 3.05) is 11.5 Å². The minimum Gasteiger partial charge on any atom is -0.399 e. The minimum atomic E-state index is 0.749. The highest BCUT2D eigenvalue weighted by atomic mass is 14.5. The van der Waals surface area contributed by atoms with Crippen LogP contribution >= 0.6 is 0 Å². The number of hydrogen-bond acceptors (Lipinski definition) is 2. The molecule has 0 heterocycles. The summed E-state index contributed by atoms with van der Waals surface area (Å²) in [4.78, 5) is 0. The van der Waals surface area contributed by atoms with Crippen LogP contribution in [0.2, 0.25) is 0 Å². The van der Waals surface area contributed by atoms with Crippen LogP contribution in [0.1, 0.15) is 0 Å². The number of para-hydroxylation sites is 1. The van der Waals surface area contributed by atoms with Crippen LogP contribution in [0.5, 0.6) is 0 Å². The molecule has 2 nitrogen and oxygen atoms in total. The van der Waals surface area contributed by atoms with Crippen LogP contribution in [0.4, 0.5) is 11.4 Å². The van der Waals surface area contributed by atoms with Gasteiger partial charge in [0, 0.05) is 11.4 Å². The van der Waals surface area contributed by atoms with Crippen LogP contribution in [-0.4, -0.2) is 7.85 Å². The Balaban J connectivity index is 0.000000151. The molecule has 0 aromatic heterocycles. The van der Waals surface area contributed by atoms with E-state index in [-0.39, 0.29) is 0 Å². The third-order valence-electron chi connectivity index (χ3n) is 1.74. The molecule has 4 N–H and O–H groups in total. The van der Waals surface area contributed by atoms with Crippen LogP contribution in [0, 0.1) is 0 Å². The minimum absolute atomic E-state index is 0.749. The van der Waals surface area contributed by atoms with Crippen LogP contribution in [-0.2, 0) is 0 Å². The van der Waals surface area contributed by atoms with E-state index in [1.54, 1.807) is 24.3 Å². The Kier molecular flexibility index (Phi) is 4.29. The molecule has 0 amide bonds. The topological polar surface area (TPSA) is 52.0 Å². The molecule has 0 saturated carbocycles. The zero-order valence-electron chi connectivity index (χ0n) is 8.43. The average Bonchev–Trinajstić information content (AvgIpc) is 2.25. The molecule has 2 rings (SSSR count). The summed E-state index contributed by atoms with van der Waals surface area (Å²) in [6.45, 7) is 0. The second kappa shape index (κ2) is 5.76. The molecule has 2 radical (unpaired) electrons. The van der Waals surface area contributed by atoms with Crippen molar-refractivity contribution in [3.63, 3.8) is 0 Å². The maximum absolute atomic E-state index is 5.37. The van der Waals surface area contributed by atoms with Gasteiger partial charge in [-0.2, -0.15) is 0 Å². The Morgan fingerprint density at radius 3 is 1.47 bits per heavy atom. The molecule has 0 spiro atoms. The van der Waals surface area contributed by atoms with E-state index in [1.165, 1.54) is 0 Å². The van der Waals surface area contributed by atoms with Crippen molar-refractivity contribution in [3.05, 3.63) is 54.6 Å². The molecule has 3 heteroatoms. The Hall–Kier alpha value is -1.90. The van der Waals surface area contributed by atoms with Crippen LogP contribution in [0.15, 0.2) is 54.6 Å².